The zero-order valence-corrected chi connectivity index (χ0v) is 8.43. The van der Waals surface area contributed by atoms with Gasteiger partial charge in [-0.1, -0.05) is 6.08 Å². The van der Waals surface area contributed by atoms with Gasteiger partial charge in [0, 0.05) is 11.1 Å². The summed E-state index contributed by atoms with van der Waals surface area (Å²) >= 11 is 1.60. The van der Waals surface area contributed by atoms with Crippen molar-refractivity contribution in [1.82, 2.24) is 4.98 Å². The summed E-state index contributed by atoms with van der Waals surface area (Å²) in [5, 5.41) is 0.918. The number of carbonyl (C=O) groups is 1. The molecule has 0 aliphatic rings. The highest BCUT2D eigenvalue weighted by Gasteiger charge is 1.95. The Morgan fingerprint density at radius 2 is 2.54 bits per heavy atom. The molecule has 1 heterocycles. The van der Waals surface area contributed by atoms with Gasteiger partial charge in [0.15, 0.2) is 0 Å². The Kier molecular flexibility index (Phi) is 3.64. The van der Waals surface area contributed by atoms with Crippen molar-refractivity contribution in [2.75, 3.05) is 7.11 Å². The van der Waals surface area contributed by atoms with Gasteiger partial charge >= 0.3 is 5.97 Å². The minimum absolute atomic E-state index is 0.232. The lowest BCUT2D eigenvalue weighted by atomic mass is 10.4. The van der Waals surface area contributed by atoms with Gasteiger partial charge < -0.3 is 4.74 Å². The molecule has 3 nitrogen and oxygen atoms in total. The van der Waals surface area contributed by atoms with Crippen LogP contribution >= 0.6 is 11.3 Å². The fourth-order valence-corrected chi connectivity index (χ4v) is 1.49. The largest absolute Gasteiger partial charge is 0.469 e. The summed E-state index contributed by atoms with van der Waals surface area (Å²) in [5.41, 5.74) is 0. The van der Waals surface area contributed by atoms with Crippen LogP contribution in [0.1, 0.15) is 16.3 Å². The predicted octanol–water partition coefficient (Wildman–Crippen LogP) is 2.03. The standard InChI is InChI=1S/C9H11NO2S/c1-7-6-10-8(13-7)4-3-5-9(11)12-2/h3-4,6H,5H2,1-2H3. The third-order valence-electron chi connectivity index (χ3n) is 1.41. The Morgan fingerprint density at radius 1 is 1.77 bits per heavy atom. The molecule has 4 heteroatoms. The van der Waals surface area contributed by atoms with Gasteiger partial charge in [-0.2, -0.15) is 0 Å². The van der Waals surface area contributed by atoms with Crippen LogP contribution < -0.4 is 0 Å². The van der Waals surface area contributed by atoms with E-state index < -0.39 is 0 Å². The number of thiazole rings is 1. The maximum absolute atomic E-state index is 10.7. The van der Waals surface area contributed by atoms with E-state index in [1.165, 1.54) is 7.11 Å². The molecule has 0 unspecified atom stereocenters. The minimum Gasteiger partial charge on any atom is -0.469 e. The van der Waals surface area contributed by atoms with Crippen LogP contribution in [0.5, 0.6) is 0 Å². The molecule has 0 saturated carbocycles. The number of carbonyl (C=O) groups excluding carboxylic acids is 1. The lowest BCUT2D eigenvalue weighted by molar-refractivity contribution is -0.139. The summed E-state index contributed by atoms with van der Waals surface area (Å²) in [4.78, 5) is 16.0. The van der Waals surface area contributed by atoms with E-state index in [-0.39, 0.29) is 5.97 Å². The van der Waals surface area contributed by atoms with Gasteiger partial charge in [0.1, 0.15) is 5.01 Å². The number of rotatable bonds is 3. The van der Waals surface area contributed by atoms with Crippen LogP contribution in [0.2, 0.25) is 0 Å². The molecule has 0 N–H and O–H groups in total. The Hall–Kier alpha value is -1.16. The van der Waals surface area contributed by atoms with E-state index in [1.54, 1.807) is 17.4 Å². The Bertz CT molecular complexity index is 317. The number of esters is 1. The molecule has 13 heavy (non-hydrogen) atoms. The molecule has 0 aliphatic carbocycles. The van der Waals surface area contributed by atoms with E-state index in [9.17, 15) is 4.79 Å². The molecule has 70 valence electrons. The minimum atomic E-state index is -0.232. The van der Waals surface area contributed by atoms with Gasteiger partial charge in [-0.15, -0.1) is 11.3 Å². The van der Waals surface area contributed by atoms with E-state index in [4.69, 9.17) is 0 Å². The number of methoxy groups -OCH3 is 1. The first-order valence-electron chi connectivity index (χ1n) is 3.88. The van der Waals surface area contributed by atoms with Gasteiger partial charge in [0.05, 0.1) is 13.5 Å². The molecule has 0 radical (unpaired) electrons. The van der Waals surface area contributed by atoms with Gasteiger partial charge in [-0.25, -0.2) is 4.98 Å². The fourth-order valence-electron chi connectivity index (χ4n) is 0.789. The van der Waals surface area contributed by atoms with Crippen molar-refractivity contribution in [2.45, 2.75) is 13.3 Å². The van der Waals surface area contributed by atoms with E-state index in [0.29, 0.717) is 6.42 Å². The van der Waals surface area contributed by atoms with Gasteiger partial charge in [0.25, 0.3) is 0 Å². The number of hydrogen-bond acceptors (Lipinski definition) is 4. The molecule has 0 aliphatic heterocycles. The highest BCUT2D eigenvalue weighted by Crippen LogP contribution is 2.12. The average Bonchev–Trinajstić information content (AvgIpc) is 2.51. The van der Waals surface area contributed by atoms with Crippen molar-refractivity contribution >= 4 is 23.4 Å². The normalized spacial score (nSPS) is 10.6. The molecule has 0 aromatic carbocycles. The van der Waals surface area contributed by atoms with Crippen molar-refractivity contribution in [3.8, 4) is 0 Å². The van der Waals surface area contributed by atoms with E-state index in [1.807, 2.05) is 19.2 Å². The van der Waals surface area contributed by atoms with Crippen molar-refractivity contribution in [3.05, 3.63) is 22.2 Å². The summed E-state index contributed by atoms with van der Waals surface area (Å²) < 4.78 is 4.49. The molecule has 0 amide bonds. The van der Waals surface area contributed by atoms with E-state index >= 15 is 0 Å². The molecule has 1 aromatic heterocycles. The molecular weight excluding hydrogens is 186 g/mol. The maximum Gasteiger partial charge on any atom is 0.309 e. The summed E-state index contributed by atoms with van der Waals surface area (Å²) in [6.07, 6.45) is 5.69. The van der Waals surface area contributed by atoms with Gasteiger partial charge in [-0.05, 0) is 13.0 Å². The second-order valence-electron chi connectivity index (χ2n) is 2.49. The number of aromatic nitrogens is 1. The molecule has 0 atom stereocenters. The quantitative estimate of drug-likeness (QED) is 0.696. The summed E-state index contributed by atoms with van der Waals surface area (Å²) in [7, 11) is 1.38. The fraction of sp³-hybridized carbons (Fsp3) is 0.333. The van der Waals surface area contributed by atoms with E-state index in [0.717, 1.165) is 9.88 Å². The molecule has 0 spiro atoms. The predicted molar refractivity (Wildman–Crippen MR) is 52.5 cm³/mol. The molecule has 0 bridgehead atoms. The van der Waals surface area contributed by atoms with Crippen LogP contribution in [0.25, 0.3) is 6.08 Å². The van der Waals surface area contributed by atoms with Crippen molar-refractivity contribution in [2.24, 2.45) is 0 Å². The lowest BCUT2D eigenvalue weighted by Gasteiger charge is -1.90. The third-order valence-corrected chi connectivity index (χ3v) is 2.29. The second-order valence-corrected chi connectivity index (χ2v) is 3.76. The first-order chi connectivity index (χ1) is 6.22. The molecule has 1 aromatic rings. The van der Waals surface area contributed by atoms with Crippen LogP contribution in [0.4, 0.5) is 0 Å². The summed E-state index contributed by atoms with van der Waals surface area (Å²) in [6, 6.07) is 0. The highest BCUT2D eigenvalue weighted by atomic mass is 32.1. The first kappa shape index (κ1) is 9.92. The maximum atomic E-state index is 10.7. The monoisotopic (exact) mass is 197 g/mol. The van der Waals surface area contributed by atoms with Crippen LogP contribution in [0, 0.1) is 6.92 Å². The second kappa shape index (κ2) is 4.77. The Labute approximate surface area is 81.1 Å². The zero-order chi connectivity index (χ0) is 9.68. The highest BCUT2D eigenvalue weighted by molar-refractivity contribution is 7.12. The molecular formula is C9H11NO2S. The number of ether oxygens (including phenoxy) is 1. The van der Waals surface area contributed by atoms with Crippen LogP contribution in [-0.2, 0) is 9.53 Å². The Morgan fingerprint density at radius 3 is 3.08 bits per heavy atom. The third kappa shape index (κ3) is 3.38. The van der Waals surface area contributed by atoms with Gasteiger partial charge in [-0.3, -0.25) is 4.79 Å². The topological polar surface area (TPSA) is 39.2 Å². The van der Waals surface area contributed by atoms with Crippen LogP contribution in [0.3, 0.4) is 0 Å². The van der Waals surface area contributed by atoms with Crippen molar-refractivity contribution < 1.29 is 9.53 Å². The van der Waals surface area contributed by atoms with Crippen LogP contribution in [-0.4, -0.2) is 18.1 Å². The van der Waals surface area contributed by atoms with E-state index in [2.05, 4.69) is 9.72 Å². The van der Waals surface area contributed by atoms with Gasteiger partial charge in [0.2, 0.25) is 0 Å². The molecule has 0 saturated heterocycles. The first-order valence-corrected chi connectivity index (χ1v) is 4.70. The number of nitrogens with zero attached hydrogens (tertiary/aromatic N) is 1. The van der Waals surface area contributed by atoms with Crippen LogP contribution in [0.15, 0.2) is 12.3 Å². The Balaban J connectivity index is 2.45. The molecule has 0 fully saturated rings. The van der Waals surface area contributed by atoms with Crippen molar-refractivity contribution in [3.63, 3.8) is 0 Å². The smallest absolute Gasteiger partial charge is 0.309 e. The summed E-state index contributed by atoms with van der Waals surface area (Å²) in [5.74, 6) is -0.232. The summed E-state index contributed by atoms with van der Waals surface area (Å²) in [6.45, 7) is 2.00. The average molecular weight is 197 g/mol. The number of aryl methyl sites for hydroxylation is 1. The molecule has 1 rings (SSSR count). The van der Waals surface area contributed by atoms with Crippen molar-refractivity contribution in [1.29, 1.82) is 0 Å². The SMILES string of the molecule is COC(=O)CC=Cc1ncc(C)s1. The lowest BCUT2D eigenvalue weighted by Crippen LogP contribution is -1.96. The number of hydrogen-bond donors (Lipinski definition) is 0. The zero-order valence-electron chi connectivity index (χ0n) is 7.61.